The second-order valence-corrected chi connectivity index (χ2v) is 8.54. The minimum absolute atomic E-state index is 0.200. The normalized spacial score (nSPS) is 15.1. The second kappa shape index (κ2) is 8.15. The van der Waals surface area contributed by atoms with Gasteiger partial charge in [-0.2, -0.15) is 0 Å². The number of aromatic nitrogens is 1. The molecule has 0 atom stereocenters. The van der Waals surface area contributed by atoms with Crippen molar-refractivity contribution < 1.29 is 14.0 Å². The highest BCUT2D eigenvalue weighted by molar-refractivity contribution is 9.10. The lowest BCUT2D eigenvalue weighted by Gasteiger charge is -2.12. The van der Waals surface area contributed by atoms with Crippen molar-refractivity contribution in [3.63, 3.8) is 0 Å². The number of carbonyl (C=O) groups excluding carboxylic acids is 2. The van der Waals surface area contributed by atoms with Crippen LogP contribution in [0.25, 0.3) is 11.8 Å². The Labute approximate surface area is 188 Å². The van der Waals surface area contributed by atoms with Crippen LogP contribution in [0.2, 0.25) is 0 Å². The van der Waals surface area contributed by atoms with Gasteiger partial charge < -0.3 is 9.88 Å². The van der Waals surface area contributed by atoms with E-state index in [0.717, 1.165) is 28.1 Å². The van der Waals surface area contributed by atoms with Gasteiger partial charge in [0.15, 0.2) is 0 Å². The molecule has 158 valence electrons. The zero-order valence-electron chi connectivity index (χ0n) is 17.4. The Morgan fingerprint density at radius 1 is 1.03 bits per heavy atom. The minimum Gasteiger partial charge on any atom is -0.315 e. The molecule has 0 radical (unpaired) electrons. The van der Waals surface area contributed by atoms with Gasteiger partial charge in [-0.05, 0) is 62.2 Å². The summed E-state index contributed by atoms with van der Waals surface area (Å²) in [5, 5.41) is 2.66. The maximum Gasteiger partial charge on any atom is 0.329 e. The highest BCUT2D eigenvalue weighted by atomic mass is 79.9. The number of carbonyl (C=O) groups is 2. The number of nitrogens with zero attached hydrogens (tertiary/aromatic N) is 2. The number of amides is 3. The summed E-state index contributed by atoms with van der Waals surface area (Å²) in [5.41, 5.74) is 4.93. The van der Waals surface area contributed by atoms with Crippen molar-refractivity contribution in [2.75, 3.05) is 0 Å². The molecule has 1 aromatic heterocycles. The fraction of sp³-hybridized carbons (Fsp3) is 0.167. The molecular weight excluding hydrogens is 461 g/mol. The Morgan fingerprint density at radius 3 is 2.42 bits per heavy atom. The third-order valence-corrected chi connectivity index (χ3v) is 5.84. The van der Waals surface area contributed by atoms with Crippen molar-refractivity contribution in [1.29, 1.82) is 0 Å². The number of rotatable bonds is 4. The summed E-state index contributed by atoms with van der Waals surface area (Å²) in [6.07, 6.45) is 1.64. The Bertz CT molecular complexity index is 1230. The van der Waals surface area contributed by atoms with E-state index in [4.69, 9.17) is 0 Å². The van der Waals surface area contributed by atoms with Gasteiger partial charge in [-0.3, -0.25) is 9.69 Å². The quantitative estimate of drug-likeness (QED) is 0.400. The molecule has 0 saturated carbocycles. The van der Waals surface area contributed by atoms with E-state index in [1.54, 1.807) is 22.8 Å². The Morgan fingerprint density at radius 2 is 1.74 bits per heavy atom. The van der Waals surface area contributed by atoms with Gasteiger partial charge in [-0.15, -0.1) is 0 Å². The molecule has 1 fully saturated rings. The van der Waals surface area contributed by atoms with Gasteiger partial charge in [-0.1, -0.05) is 45.8 Å². The molecule has 31 heavy (non-hydrogen) atoms. The predicted octanol–water partition coefficient (Wildman–Crippen LogP) is 5.40. The van der Waals surface area contributed by atoms with Gasteiger partial charge in [0.1, 0.15) is 11.5 Å². The molecule has 7 heteroatoms. The van der Waals surface area contributed by atoms with E-state index in [2.05, 4.69) is 21.2 Å². The zero-order valence-corrected chi connectivity index (χ0v) is 19.0. The molecule has 5 nitrogen and oxygen atoms in total. The summed E-state index contributed by atoms with van der Waals surface area (Å²) in [6.45, 7) is 5.90. The van der Waals surface area contributed by atoms with Gasteiger partial charge in [0.2, 0.25) is 0 Å². The first-order chi connectivity index (χ1) is 14.7. The first kappa shape index (κ1) is 21.1. The molecule has 1 N–H and O–H groups in total. The molecule has 1 aliphatic heterocycles. The summed E-state index contributed by atoms with van der Waals surface area (Å²) in [6, 6.07) is 14.0. The topological polar surface area (TPSA) is 54.3 Å². The van der Waals surface area contributed by atoms with Crippen LogP contribution in [0, 0.1) is 26.6 Å². The SMILES string of the molecule is Cc1ccc(CN2C(=O)N/C(=C/c3cc(C)n(-c4ccc(Br)cc4F)c3C)C2=O)cc1. The van der Waals surface area contributed by atoms with Gasteiger partial charge >= 0.3 is 6.03 Å². The maximum absolute atomic E-state index is 14.5. The minimum atomic E-state index is -0.454. The number of urea groups is 1. The number of halogens is 2. The van der Waals surface area contributed by atoms with E-state index >= 15 is 0 Å². The van der Waals surface area contributed by atoms with E-state index in [1.165, 1.54) is 11.0 Å². The van der Waals surface area contributed by atoms with Crippen molar-refractivity contribution in [3.05, 3.63) is 92.6 Å². The van der Waals surface area contributed by atoms with E-state index in [0.29, 0.717) is 10.2 Å². The summed E-state index contributed by atoms with van der Waals surface area (Å²) >= 11 is 3.27. The van der Waals surface area contributed by atoms with Crippen LogP contribution >= 0.6 is 15.9 Å². The summed E-state index contributed by atoms with van der Waals surface area (Å²) < 4.78 is 17.0. The van der Waals surface area contributed by atoms with Gasteiger partial charge in [0.25, 0.3) is 5.91 Å². The van der Waals surface area contributed by atoms with Crippen LogP contribution in [0.15, 0.2) is 58.7 Å². The van der Waals surface area contributed by atoms with Crippen LogP contribution in [0.5, 0.6) is 0 Å². The predicted molar refractivity (Wildman–Crippen MR) is 121 cm³/mol. The summed E-state index contributed by atoms with van der Waals surface area (Å²) in [5.74, 6) is -0.741. The van der Waals surface area contributed by atoms with E-state index in [9.17, 15) is 14.0 Å². The molecule has 1 saturated heterocycles. The van der Waals surface area contributed by atoms with Crippen molar-refractivity contribution in [2.45, 2.75) is 27.3 Å². The molecule has 0 spiro atoms. The highest BCUT2D eigenvalue weighted by Gasteiger charge is 2.33. The van der Waals surface area contributed by atoms with Crippen molar-refractivity contribution in [2.24, 2.45) is 0 Å². The smallest absolute Gasteiger partial charge is 0.315 e. The van der Waals surface area contributed by atoms with Gasteiger partial charge in [-0.25, -0.2) is 9.18 Å². The molecule has 2 aromatic carbocycles. The number of benzene rings is 2. The molecule has 4 rings (SSSR count). The number of hydrogen-bond donors (Lipinski definition) is 1. The average molecular weight is 482 g/mol. The van der Waals surface area contributed by atoms with E-state index < -0.39 is 6.03 Å². The van der Waals surface area contributed by atoms with Crippen LogP contribution in [0.4, 0.5) is 9.18 Å². The second-order valence-electron chi connectivity index (χ2n) is 7.62. The molecule has 1 aliphatic rings. The van der Waals surface area contributed by atoms with Crippen molar-refractivity contribution in [1.82, 2.24) is 14.8 Å². The fourth-order valence-electron chi connectivity index (χ4n) is 3.71. The standard InChI is InChI=1S/C24H21BrFN3O2/c1-14-4-6-17(7-5-14)13-28-23(30)21(27-24(28)31)11-18-10-15(2)29(16(18)3)22-9-8-19(25)12-20(22)26/h4-12H,13H2,1-3H3,(H,27,31)/b21-11+. The van der Waals surface area contributed by atoms with Crippen LogP contribution < -0.4 is 5.32 Å². The number of hydrogen-bond acceptors (Lipinski definition) is 2. The van der Waals surface area contributed by atoms with Gasteiger partial charge in [0.05, 0.1) is 12.2 Å². The molecule has 0 aliphatic carbocycles. The largest absolute Gasteiger partial charge is 0.329 e. The lowest BCUT2D eigenvalue weighted by molar-refractivity contribution is -0.123. The van der Waals surface area contributed by atoms with Crippen LogP contribution in [-0.2, 0) is 11.3 Å². The van der Waals surface area contributed by atoms with Crippen LogP contribution in [-0.4, -0.2) is 21.4 Å². The third kappa shape index (κ3) is 4.05. The Hall–Kier alpha value is -3.19. The first-order valence-electron chi connectivity index (χ1n) is 9.79. The Kier molecular flexibility index (Phi) is 5.54. The van der Waals surface area contributed by atoms with Crippen molar-refractivity contribution >= 4 is 33.9 Å². The van der Waals surface area contributed by atoms with Crippen LogP contribution in [0.1, 0.15) is 28.1 Å². The maximum atomic E-state index is 14.5. The van der Waals surface area contributed by atoms with Crippen molar-refractivity contribution in [3.8, 4) is 5.69 Å². The summed E-state index contributed by atoms with van der Waals surface area (Å²) in [7, 11) is 0. The number of nitrogens with one attached hydrogen (secondary N) is 1. The van der Waals surface area contributed by atoms with E-state index in [1.807, 2.05) is 51.1 Å². The van der Waals surface area contributed by atoms with Gasteiger partial charge in [0, 0.05) is 15.9 Å². The average Bonchev–Trinajstić information content (AvgIpc) is 3.14. The molecular formula is C24H21BrFN3O2. The van der Waals surface area contributed by atoms with Crippen LogP contribution in [0.3, 0.4) is 0 Å². The lowest BCUT2D eigenvalue weighted by Crippen LogP contribution is -2.30. The zero-order chi connectivity index (χ0) is 22.3. The summed E-state index contributed by atoms with van der Waals surface area (Å²) in [4.78, 5) is 26.4. The fourth-order valence-corrected chi connectivity index (χ4v) is 4.05. The molecule has 0 unspecified atom stereocenters. The molecule has 3 amide bonds. The highest BCUT2D eigenvalue weighted by Crippen LogP contribution is 2.27. The number of aryl methyl sites for hydroxylation is 2. The number of imide groups is 1. The van der Waals surface area contributed by atoms with E-state index in [-0.39, 0.29) is 24.0 Å². The lowest BCUT2D eigenvalue weighted by atomic mass is 10.1. The molecule has 2 heterocycles. The Balaban J connectivity index is 1.64. The molecule has 0 bridgehead atoms. The monoisotopic (exact) mass is 481 g/mol. The third-order valence-electron chi connectivity index (χ3n) is 5.34. The first-order valence-corrected chi connectivity index (χ1v) is 10.6. The molecule has 3 aromatic rings.